The van der Waals surface area contributed by atoms with Crippen LogP contribution in [0.5, 0.6) is 0 Å². The Morgan fingerprint density at radius 1 is 1.12 bits per heavy atom. The van der Waals surface area contributed by atoms with Crippen molar-refractivity contribution in [1.29, 1.82) is 0 Å². The van der Waals surface area contributed by atoms with Crippen LogP contribution in [0, 0.1) is 24.5 Å². The van der Waals surface area contributed by atoms with Crippen LogP contribution in [0.15, 0.2) is 12.1 Å². The minimum absolute atomic E-state index is 0.0182. The number of fused-ring (bicyclic) bond motifs is 1. The van der Waals surface area contributed by atoms with Gasteiger partial charge in [0.25, 0.3) is 0 Å². The van der Waals surface area contributed by atoms with Crippen molar-refractivity contribution in [1.82, 2.24) is 0 Å². The fourth-order valence-corrected chi connectivity index (χ4v) is 4.51. The molecule has 1 aromatic carbocycles. The van der Waals surface area contributed by atoms with E-state index >= 15 is 0 Å². The van der Waals surface area contributed by atoms with Gasteiger partial charge in [-0.25, -0.2) is 8.78 Å². The molecule has 2 aliphatic heterocycles. The van der Waals surface area contributed by atoms with Crippen LogP contribution < -0.4 is 0 Å². The summed E-state index contributed by atoms with van der Waals surface area (Å²) in [6.45, 7) is 5.01. The first-order valence-electron chi connectivity index (χ1n) is 8.92. The summed E-state index contributed by atoms with van der Waals surface area (Å²) in [4.78, 5) is 0. The molecule has 0 N–H and O–H groups in total. The van der Waals surface area contributed by atoms with E-state index in [1.165, 1.54) is 12.1 Å². The maximum atomic E-state index is 14.3. The van der Waals surface area contributed by atoms with Crippen molar-refractivity contribution in [2.75, 3.05) is 20.0 Å². The minimum atomic E-state index is -0.567. The van der Waals surface area contributed by atoms with Crippen molar-refractivity contribution in [2.24, 2.45) is 5.92 Å². The molecule has 2 heterocycles. The van der Waals surface area contributed by atoms with Crippen LogP contribution in [0.25, 0.3) is 0 Å². The van der Waals surface area contributed by atoms with Gasteiger partial charge in [-0.05, 0) is 48.9 Å². The highest BCUT2D eigenvalue weighted by molar-refractivity contribution is 5.26. The molecule has 25 heavy (non-hydrogen) atoms. The van der Waals surface area contributed by atoms with E-state index in [1.54, 1.807) is 6.92 Å². The normalized spacial score (nSPS) is 32.1. The molecule has 1 spiro atoms. The van der Waals surface area contributed by atoms with Gasteiger partial charge >= 0.3 is 0 Å². The van der Waals surface area contributed by atoms with Crippen LogP contribution in [-0.4, -0.2) is 37.5 Å². The molecule has 0 aromatic heterocycles. The van der Waals surface area contributed by atoms with Crippen molar-refractivity contribution in [3.05, 3.63) is 34.9 Å². The Morgan fingerprint density at radius 2 is 1.88 bits per heavy atom. The quantitative estimate of drug-likeness (QED) is 0.833. The maximum Gasteiger partial charge on any atom is 0.171 e. The monoisotopic (exact) mass is 354 g/mol. The van der Waals surface area contributed by atoms with Gasteiger partial charge in [-0.15, -0.1) is 0 Å². The molecule has 1 saturated carbocycles. The summed E-state index contributed by atoms with van der Waals surface area (Å²) < 4.78 is 51.6. The van der Waals surface area contributed by atoms with Crippen LogP contribution in [0.2, 0.25) is 0 Å². The summed E-state index contributed by atoms with van der Waals surface area (Å²) in [7, 11) is 0. The Labute approximate surface area is 146 Å². The molecule has 138 valence electrons. The second-order valence-electron chi connectivity index (χ2n) is 7.48. The van der Waals surface area contributed by atoms with Gasteiger partial charge in [0.1, 0.15) is 24.0 Å². The zero-order valence-corrected chi connectivity index (χ0v) is 14.6. The topological polar surface area (TPSA) is 36.9 Å². The average Bonchev–Trinajstić information content (AvgIpc) is 3.20. The van der Waals surface area contributed by atoms with E-state index in [9.17, 15) is 8.78 Å². The Hall–Kier alpha value is -1.08. The van der Waals surface area contributed by atoms with Crippen LogP contribution in [-0.2, 0) is 25.4 Å². The van der Waals surface area contributed by atoms with Crippen LogP contribution in [0.4, 0.5) is 8.78 Å². The Balaban J connectivity index is 1.55. The molecule has 3 unspecified atom stereocenters. The third-order valence-corrected chi connectivity index (χ3v) is 6.04. The average molecular weight is 354 g/mol. The highest BCUT2D eigenvalue weighted by Gasteiger charge is 2.58. The predicted octanol–water partition coefficient (Wildman–Crippen LogP) is 3.49. The lowest BCUT2D eigenvalue weighted by Crippen LogP contribution is -2.55. The summed E-state index contributed by atoms with van der Waals surface area (Å²) in [5, 5.41) is 0. The predicted molar refractivity (Wildman–Crippen MR) is 86.0 cm³/mol. The Bertz CT molecular complexity index is 659. The standard InChI is InChI=1S/C19H24F2O4/c1-12-7-16(21)14(9-15(12)20)8-13(2)19-4-3-18(23-5-6-24-18)10-17(19)22-11-25-19/h7,9,13,17H,3-6,8,10-11H2,1-2H3. The van der Waals surface area contributed by atoms with Gasteiger partial charge in [-0.1, -0.05) is 6.92 Å². The molecule has 1 aromatic rings. The van der Waals surface area contributed by atoms with E-state index in [1.807, 2.05) is 6.92 Å². The van der Waals surface area contributed by atoms with Gasteiger partial charge in [0.2, 0.25) is 0 Å². The number of hydrogen-bond donors (Lipinski definition) is 0. The number of benzene rings is 1. The van der Waals surface area contributed by atoms with E-state index in [2.05, 4.69) is 0 Å². The smallest absolute Gasteiger partial charge is 0.171 e. The zero-order valence-electron chi connectivity index (χ0n) is 14.6. The number of hydrogen-bond acceptors (Lipinski definition) is 4. The molecule has 4 rings (SSSR count). The van der Waals surface area contributed by atoms with Crippen molar-refractivity contribution in [2.45, 2.75) is 57.0 Å². The molecule has 0 amide bonds. The van der Waals surface area contributed by atoms with E-state index in [0.29, 0.717) is 37.2 Å². The lowest BCUT2D eigenvalue weighted by molar-refractivity contribution is -0.220. The third-order valence-electron chi connectivity index (χ3n) is 6.04. The van der Waals surface area contributed by atoms with E-state index < -0.39 is 11.4 Å². The first-order chi connectivity index (χ1) is 11.9. The zero-order chi connectivity index (χ0) is 17.7. The van der Waals surface area contributed by atoms with Gasteiger partial charge in [0.15, 0.2) is 5.79 Å². The molecule has 3 fully saturated rings. The fraction of sp³-hybridized carbons (Fsp3) is 0.684. The molecule has 1 aliphatic carbocycles. The Morgan fingerprint density at radius 3 is 2.64 bits per heavy atom. The highest BCUT2D eigenvalue weighted by Crippen LogP contribution is 2.49. The molecule has 4 nitrogen and oxygen atoms in total. The first kappa shape index (κ1) is 17.3. The summed E-state index contributed by atoms with van der Waals surface area (Å²) in [6.07, 6.45) is 2.30. The number of ether oxygens (including phenoxy) is 4. The van der Waals surface area contributed by atoms with Crippen LogP contribution >= 0.6 is 0 Å². The van der Waals surface area contributed by atoms with Crippen molar-refractivity contribution >= 4 is 0 Å². The summed E-state index contributed by atoms with van der Waals surface area (Å²) in [5.74, 6) is -1.33. The summed E-state index contributed by atoms with van der Waals surface area (Å²) in [6, 6.07) is 2.56. The van der Waals surface area contributed by atoms with E-state index in [0.717, 1.165) is 12.8 Å². The molecular formula is C19H24F2O4. The molecule has 0 radical (unpaired) electrons. The minimum Gasteiger partial charge on any atom is -0.349 e. The molecule has 0 bridgehead atoms. The molecule has 6 heteroatoms. The van der Waals surface area contributed by atoms with Gasteiger partial charge in [0.05, 0.1) is 19.3 Å². The summed E-state index contributed by atoms with van der Waals surface area (Å²) >= 11 is 0. The number of aryl methyl sites for hydroxylation is 1. The van der Waals surface area contributed by atoms with Crippen molar-refractivity contribution < 1.29 is 27.7 Å². The largest absolute Gasteiger partial charge is 0.349 e. The second-order valence-corrected chi connectivity index (χ2v) is 7.48. The van der Waals surface area contributed by atoms with Crippen molar-refractivity contribution in [3.63, 3.8) is 0 Å². The summed E-state index contributed by atoms with van der Waals surface area (Å²) in [5.41, 5.74) is 0.197. The SMILES string of the molecule is Cc1cc(F)c(CC(C)C23CCC4(CC2OCO3)OCCO4)cc1F. The Kier molecular flexibility index (Phi) is 4.35. The molecule has 2 saturated heterocycles. The fourth-order valence-electron chi connectivity index (χ4n) is 4.51. The highest BCUT2D eigenvalue weighted by atomic mass is 19.1. The second kappa shape index (κ2) is 6.27. The van der Waals surface area contributed by atoms with E-state index in [4.69, 9.17) is 18.9 Å². The number of halogens is 2. The van der Waals surface area contributed by atoms with E-state index in [-0.39, 0.29) is 30.4 Å². The van der Waals surface area contributed by atoms with Crippen molar-refractivity contribution in [3.8, 4) is 0 Å². The van der Waals surface area contributed by atoms with Crippen LogP contribution in [0.1, 0.15) is 37.3 Å². The number of rotatable bonds is 3. The maximum absolute atomic E-state index is 14.3. The van der Waals surface area contributed by atoms with Gasteiger partial charge in [-0.3, -0.25) is 0 Å². The van der Waals surface area contributed by atoms with Gasteiger partial charge < -0.3 is 18.9 Å². The van der Waals surface area contributed by atoms with Crippen LogP contribution in [0.3, 0.4) is 0 Å². The van der Waals surface area contributed by atoms with Gasteiger partial charge in [-0.2, -0.15) is 0 Å². The molecule has 3 aliphatic rings. The lowest BCUT2D eigenvalue weighted by Gasteiger charge is -2.46. The molecular weight excluding hydrogens is 330 g/mol. The lowest BCUT2D eigenvalue weighted by atomic mass is 9.70. The van der Waals surface area contributed by atoms with Gasteiger partial charge in [0, 0.05) is 12.8 Å². The third kappa shape index (κ3) is 2.89. The first-order valence-corrected chi connectivity index (χ1v) is 8.92. The molecule has 3 atom stereocenters.